The van der Waals surface area contributed by atoms with Gasteiger partial charge in [-0.3, -0.25) is 0 Å². The fourth-order valence-corrected chi connectivity index (χ4v) is 5.08. The Labute approximate surface area is 139 Å². The van der Waals surface area contributed by atoms with Gasteiger partial charge in [0.25, 0.3) is 0 Å². The minimum absolute atomic E-state index is 0.0295. The average Bonchev–Trinajstić information content (AvgIpc) is 2.85. The van der Waals surface area contributed by atoms with E-state index in [1.165, 1.54) is 0 Å². The molecule has 1 fully saturated rings. The van der Waals surface area contributed by atoms with Crippen molar-refractivity contribution < 1.29 is 8.42 Å². The molecule has 0 N–H and O–H groups in total. The van der Waals surface area contributed by atoms with E-state index in [1.54, 1.807) is 16.4 Å². The van der Waals surface area contributed by atoms with Gasteiger partial charge in [0.2, 0.25) is 10.0 Å². The zero-order valence-electron chi connectivity index (χ0n) is 13.9. The molecule has 0 aromatic heterocycles. The quantitative estimate of drug-likeness (QED) is 0.848. The smallest absolute Gasteiger partial charge is 0.207 e. The second-order valence-electron chi connectivity index (χ2n) is 7.16. The predicted molar refractivity (Wildman–Crippen MR) is 92.7 cm³/mol. The molecule has 23 heavy (non-hydrogen) atoms. The Hall–Kier alpha value is -1.65. The summed E-state index contributed by atoms with van der Waals surface area (Å²) in [5.74, 6) is 0. The first kappa shape index (κ1) is 16.2. The van der Waals surface area contributed by atoms with Crippen molar-refractivity contribution in [1.29, 1.82) is 0 Å². The first-order valence-corrected chi connectivity index (χ1v) is 9.37. The summed E-state index contributed by atoms with van der Waals surface area (Å²) in [6.45, 7) is 6.77. The molecule has 2 aromatic rings. The van der Waals surface area contributed by atoms with Crippen LogP contribution in [0.4, 0.5) is 0 Å². The number of rotatable bonds is 3. The fourth-order valence-electron chi connectivity index (χ4n) is 3.28. The second kappa shape index (κ2) is 5.77. The lowest BCUT2D eigenvalue weighted by molar-refractivity contribution is 0.368. The molecule has 0 saturated carbocycles. The van der Waals surface area contributed by atoms with E-state index in [-0.39, 0.29) is 11.5 Å². The molecule has 3 nitrogen and oxygen atoms in total. The van der Waals surface area contributed by atoms with Gasteiger partial charge < -0.3 is 0 Å². The normalized spacial score (nSPS) is 21.4. The van der Waals surface area contributed by atoms with E-state index >= 15 is 0 Å². The van der Waals surface area contributed by atoms with Crippen LogP contribution in [0.1, 0.15) is 37.4 Å². The predicted octanol–water partition coefficient (Wildman–Crippen LogP) is 4.16. The standard InChI is InChI=1S/C19H23NO2S/c1-15-9-11-17(12-10-15)23(21,22)20-14-19(2,3)13-18(20)16-7-5-4-6-8-16/h4-12,18H,13-14H2,1-3H3. The Morgan fingerprint density at radius 3 is 2.22 bits per heavy atom. The summed E-state index contributed by atoms with van der Waals surface area (Å²) in [4.78, 5) is 0.377. The van der Waals surface area contributed by atoms with Gasteiger partial charge in [0.05, 0.1) is 10.9 Å². The molecule has 0 amide bonds. The van der Waals surface area contributed by atoms with E-state index in [2.05, 4.69) is 13.8 Å². The lowest BCUT2D eigenvalue weighted by Crippen LogP contribution is -2.32. The van der Waals surface area contributed by atoms with Crippen LogP contribution in [0.3, 0.4) is 0 Å². The number of hydrogen-bond acceptors (Lipinski definition) is 2. The third-order valence-corrected chi connectivity index (χ3v) is 6.36. The van der Waals surface area contributed by atoms with Gasteiger partial charge in [0.15, 0.2) is 0 Å². The molecule has 0 radical (unpaired) electrons. The number of benzene rings is 2. The van der Waals surface area contributed by atoms with Crippen LogP contribution in [0.2, 0.25) is 0 Å². The number of hydrogen-bond donors (Lipinski definition) is 0. The second-order valence-corrected chi connectivity index (χ2v) is 9.05. The van der Waals surface area contributed by atoms with E-state index in [9.17, 15) is 8.42 Å². The van der Waals surface area contributed by atoms with Gasteiger partial charge >= 0.3 is 0 Å². The SMILES string of the molecule is Cc1ccc(S(=O)(=O)N2CC(C)(C)CC2c2ccccc2)cc1. The van der Waals surface area contributed by atoms with E-state index in [4.69, 9.17) is 0 Å². The number of nitrogens with zero attached hydrogens (tertiary/aromatic N) is 1. The van der Waals surface area contributed by atoms with E-state index in [0.29, 0.717) is 11.4 Å². The molecule has 1 saturated heterocycles. The van der Waals surface area contributed by atoms with E-state index < -0.39 is 10.0 Å². The first-order valence-electron chi connectivity index (χ1n) is 7.93. The molecule has 1 aliphatic heterocycles. The van der Waals surface area contributed by atoms with Crippen molar-refractivity contribution in [2.45, 2.75) is 38.1 Å². The largest absolute Gasteiger partial charge is 0.243 e. The highest BCUT2D eigenvalue weighted by Gasteiger charge is 2.44. The molecule has 2 aromatic carbocycles. The van der Waals surface area contributed by atoms with Crippen molar-refractivity contribution in [3.8, 4) is 0 Å². The van der Waals surface area contributed by atoms with Gasteiger partial charge in [-0.05, 0) is 36.5 Å². The molecular weight excluding hydrogens is 306 g/mol. The van der Waals surface area contributed by atoms with Crippen molar-refractivity contribution >= 4 is 10.0 Å². The molecule has 3 rings (SSSR count). The Bertz CT molecular complexity index is 780. The minimum atomic E-state index is -3.49. The Kier molecular flexibility index (Phi) is 4.07. The zero-order valence-corrected chi connectivity index (χ0v) is 14.7. The maximum Gasteiger partial charge on any atom is 0.243 e. The van der Waals surface area contributed by atoms with Crippen molar-refractivity contribution in [2.75, 3.05) is 6.54 Å². The maximum absolute atomic E-state index is 13.1. The van der Waals surface area contributed by atoms with Gasteiger partial charge in [0, 0.05) is 6.54 Å². The van der Waals surface area contributed by atoms with Crippen molar-refractivity contribution in [2.24, 2.45) is 5.41 Å². The van der Waals surface area contributed by atoms with Crippen LogP contribution in [0.15, 0.2) is 59.5 Å². The van der Waals surface area contributed by atoms with Crippen LogP contribution in [0.25, 0.3) is 0 Å². The molecule has 1 atom stereocenters. The third kappa shape index (κ3) is 3.19. The number of aryl methyl sites for hydroxylation is 1. The van der Waals surface area contributed by atoms with Gasteiger partial charge in [-0.1, -0.05) is 61.9 Å². The third-order valence-electron chi connectivity index (χ3n) is 4.49. The van der Waals surface area contributed by atoms with Crippen LogP contribution in [0.5, 0.6) is 0 Å². The van der Waals surface area contributed by atoms with Crippen molar-refractivity contribution in [3.63, 3.8) is 0 Å². The summed E-state index contributed by atoms with van der Waals surface area (Å²) in [6, 6.07) is 17.0. The van der Waals surface area contributed by atoms with Gasteiger partial charge in [-0.25, -0.2) is 8.42 Å². The Morgan fingerprint density at radius 1 is 1.00 bits per heavy atom. The van der Waals surface area contributed by atoms with Crippen LogP contribution < -0.4 is 0 Å². The molecule has 122 valence electrons. The van der Waals surface area contributed by atoms with Crippen molar-refractivity contribution in [1.82, 2.24) is 4.31 Å². The molecule has 0 spiro atoms. The molecule has 4 heteroatoms. The summed E-state index contributed by atoms with van der Waals surface area (Å²) in [5.41, 5.74) is 2.09. The minimum Gasteiger partial charge on any atom is -0.207 e. The molecule has 1 heterocycles. The zero-order chi connectivity index (χ0) is 16.7. The first-order chi connectivity index (χ1) is 10.8. The van der Waals surface area contributed by atoms with E-state index in [1.807, 2.05) is 49.4 Å². The van der Waals surface area contributed by atoms with Crippen LogP contribution >= 0.6 is 0 Å². The van der Waals surface area contributed by atoms with Crippen LogP contribution in [-0.4, -0.2) is 19.3 Å². The van der Waals surface area contributed by atoms with Crippen LogP contribution in [0, 0.1) is 12.3 Å². The highest BCUT2D eigenvalue weighted by Crippen LogP contribution is 2.45. The topological polar surface area (TPSA) is 37.4 Å². The van der Waals surface area contributed by atoms with Gasteiger partial charge in [-0.2, -0.15) is 4.31 Å². The summed E-state index contributed by atoms with van der Waals surface area (Å²) >= 11 is 0. The molecular formula is C19H23NO2S. The molecule has 1 unspecified atom stereocenters. The summed E-state index contributed by atoms with van der Waals surface area (Å²) in [5, 5.41) is 0. The summed E-state index contributed by atoms with van der Waals surface area (Å²) in [7, 11) is -3.49. The number of sulfonamides is 1. The van der Waals surface area contributed by atoms with E-state index in [0.717, 1.165) is 17.5 Å². The Balaban J connectivity index is 2.03. The summed E-state index contributed by atoms with van der Waals surface area (Å²) in [6.07, 6.45) is 0.835. The molecule has 0 bridgehead atoms. The van der Waals surface area contributed by atoms with Gasteiger partial charge in [0.1, 0.15) is 0 Å². The monoisotopic (exact) mass is 329 g/mol. The molecule has 0 aliphatic carbocycles. The lowest BCUT2D eigenvalue weighted by Gasteiger charge is -2.24. The average molecular weight is 329 g/mol. The maximum atomic E-state index is 13.1. The van der Waals surface area contributed by atoms with Crippen LogP contribution in [-0.2, 0) is 10.0 Å². The lowest BCUT2D eigenvalue weighted by atomic mass is 9.89. The molecule has 1 aliphatic rings. The van der Waals surface area contributed by atoms with Crippen molar-refractivity contribution in [3.05, 3.63) is 65.7 Å². The summed E-state index contributed by atoms with van der Waals surface area (Å²) < 4.78 is 28.0. The van der Waals surface area contributed by atoms with Gasteiger partial charge in [-0.15, -0.1) is 0 Å². The highest BCUT2D eigenvalue weighted by molar-refractivity contribution is 7.89. The highest BCUT2D eigenvalue weighted by atomic mass is 32.2. The Morgan fingerprint density at radius 2 is 1.61 bits per heavy atom. The fraction of sp³-hybridized carbons (Fsp3) is 0.368.